The lowest BCUT2D eigenvalue weighted by Gasteiger charge is -2.23. The van der Waals surface area contributed by atoms with Crippen LogP contribution in [0.15, 0.2) is 46.1 Å². The molecule has 35 heavy (non-hydrogen) atoms. The van der Waals surface area contributed by atoms with Gasteiger partial charge in [0.25, 0.3) is 5.56 Å². The number of primary sulfonamides is 1. The normalized spacial score (nSPS) is 14.3. The summed E-state index contributed by atoms with van der Waals surface area (Å²) in [6.45, 7) is 7.20. The van der Waals surface area contributed by atoms with Gasteiger partial charge in [0.1, 0.15) is 6.04 Å². The average Bonchev–Trinajstić information content (AvgIpc) is 2.80. The Morgan fingerprint density at radius 2 is 1.71 bits per heavy atom. The van der Waals surface area contributed by atoms with E-state index < -0.39 is 16.1 Å². The summed E-state index contributed by atoms with van der Waals surface area (Å²) in [7, 11) is -3.94. The molecule has 1 unspecified atom stereocenters. The molecule has 3 aromatic rings. The summed E-state index contributed by atoms with van der Waals surface area (Å²) in [5.41, 5.74) is 5.42. The predicted octanol–water partition coefficient (Wildman–Crippen LogP) is 3.56. The van der Waals surface area contributed by atoms with Crippen molar-refractivity contribution in [2.45, 2.75) is 64.3 Å². The number of aromatic nitrogens is 2. The predicted molar refractivity (Wildman–Crippen MR) is 136 cm³/mol. The molecule has 0 spiro atoms. The maximum Gasteiger partial charge on any atom is 0.271 e. The molecule has 0 aliphatic heterocycles. The maximum absolute atomic E-state index is 13.4. The van der Waals surface area contributed by atoms with Crippen molar-refractivity contribution in [1.82, 2.24) is 9.78 Å². The number of nitrogens with zero attached hydrogens (tertiary/aromatic N) is 2. The van der Waals surface area contributed by atoms with Crippen molar-refractivity contribution >= 4 is 21.6 Å². The van der Waals surface area contributed by atoms with Gasteiger partial charge in [-0.1, -0.05) is 29.8 Å². The first kappa shape index (κ1) is 24.8. The molecule has 0 saturated heterocycles. The molecule has 3 N–H and O–H groups in total. The summed E-state index contributed by atoms with van der Waals surface area (Å²) >= 11 is 0. The molecule has 1 atom stereocenters. The van der Waals surface area contributed by atoms with Crippen molar-refractivity contribution in [3.63, 3.8) is 0 Å². The van der Waals surface area contributed by atoms with Crippen LogP contribution in [0.5, 0.6) is 0 Å². The third-order valence-corrected chi connectivity index (χ3v) is 7.63. The van der Waals surface area contributed by atoms with E-state index in [1.165, 1.54) is 10.7 Å². The topological polar surface area (TPSA) is 124 Å². The van der Waals surface area contributed by atoms with Gasteiger partial charge in [-0.2, -0.15) is 5.10 Å². The lowest BCUT2D eigenvalue weighted by atomic mass is 9.89. The van der Waals surface area contributed by atoms with Crippen LogP contribution in [0.3, 0.4) is 0 Å². The fourth-order valence-corrected chi connectivity index (χ4v) is 5.41. The summed E-state index contributed by atoms with van der Waals surface area (Å²) in [5.74, 6) is -0.359. The van der Waals surface area contributed by atoms with Gasteiger partial charge in [-0.3, -0.25) is 9.59 Å². The molecule has 1 aromatic heterocycles. The molecule has 0 bridgehead atoms. The first-order valence-electron chi connectivity index (χ1n) is 11.6. The van der Waals surface area contributed by atoms with E-state index in [0.717, 1.165) is 29.5 Å². The first-order valence-corrected chi connectivity index (χ1v) is 13.2. The molecule has 1 amide bonds. The van der Waals surface area contributed by atoms with Crippen LogP contribution in [0.4, 0.5) is 5.69 Å². The number of sulfonamides is 1. The Morgan fingerprint density at radius 3 is 2.37 bits per heavy atom. The van der Waals surface area contributed by atoms with E-state index in [1.807, 2.05) is 32.0 Å². The average molecular weight is 495 g/mol. The number of nitrogens with one attached hydrogen (secondary N) is 1. The van der Waals surface area contributed by atoms with E-state index in [9.17, 15) is 18.0 Å². The van der Waals surface area contributed by atoms with E-state index in [1.54, 1.807) is 26.0 Å². The number of anilines is 1. The Hall–Kier alpha value is -3.30. The Bertz CT molecular complexity index is 1490. The fourth-order valence-electron chi connectivity index (χ4n) is 4.60. The Kier molecular flexibility index (Phi) is 6.66. The van der Waals surface area contributed by atoms with E-state index in [0.29, 0.717) is 40.9 Å². The van der Waals surface area contributed by atoms with E-state index in [-0.39, 0.29) is 16.4 Å². The molecule has 0 radical (unpaired) electrons. The second kappa shape index (κ2) is 9.39. The third-order valence-electron chi connectivity index (χ3n) is 6.58. The highest BCUT2D eigenvalue weighted by Crippen LogP contribution is 2.31. The zero-order valence-corrected chi connectivity index (χ0v) is 21.2. The lowest BCUT2D eigenvalue weighted by molar-refractivity contribution is -0.119. The second-order valence-corrected chi connectivity index (χ2v) is 10.8. The molecular formula is C26H30N4O4S. The molecule has 1 aliphatic rings. The molecule has 0 saturated carbocycles. The van der Waals surface area contributed by atoms with Crippen molar-refractivity contribution in [3.8, 4) is 11.3 Å². The third kappa shape index (κ3) is 4.92. The zero-order chi connectivity index (χ0) is 25.5. The standard InChI is InChI=1S/C26H30N4O4S/c1-15-9-12-22(17(3)13-15)28-25(31)18(4)30-26(32)21-8-6-5-7-20(21)24(29-30)19-11-10-16(2)23(14-19)35(27,33)34/h9-14,18H,5-8H2,1-4H3,(H,28,31)(H2,27,33,34). The highest BCUT2D eigenvalue weighted by atomic mass is 32.2. The molecule has 2 aromatic carbocycles. The van der Waals surface area contributed by atoms with Crippen molar-refractivity contribution in [2.24, 2.45) is 5.14 Å². The minimum Gasteiger partial charge on any atom is -0.324 e. The number of aryl methyl sites for hydroxylation is 3. The number of fused-ring (bicyclic) bond motifs is 1. The van der Waals surface area contributed by atoms with Crippen LogP contribution < -0.4 is 16.0 Å². The van der Waals surface area contributed by atoms with E-state index >= 15 is 0 Å². The van der Waals surface area contributed by atoms with Gasteiger partial charge in [-0.05, 0) is 82.2 Å². The number of hydrogen-bond acceptors (Lipinski definition) is 5. The highest BCUT2D eigenvalue weighted by Gasteiger charge is 2.26. The SMILES string of the molecule is Cc1ccc(NC(=O)C(C)n2nc(-c3ccc(C)c(S(N)(=O)=O)c3)c3c(c2=O)CCCC3)c(C)c1. The quantitative estimate of drug-likeness (QED) is 0.561. The monoisotopic (exact) mass is 494 g/mol. The van der Waals surface area contributed by atoms with Crippen LogP contribution in [-0.4, -0.2) is 24.1 Å². The van der Waals surface area contributed by atoms with Gasteiger partial charge in [-0.25, -0.2) is 18.2 Å². The number of benzene rings is 2. The van der Waals surface area contributed by atoms with Gasteiger partial charge < -0.3 is 5.32 Å². The van der Waals surface area contributed by atoms with Gasteiger partial charge in [0.05, 0.1) is 10.6 Å². The first-order chi connectivity index (χ1) is 16.5. The van der Waals surface area contributed by atoms with Gasteiger partial charge >= 0.3 is 0 Å². The van der Waals surface area contributed by atoms with Crippen LogP contribution >= 0.6 is 0 Å². The van der Waals surface area contributed by atoms with Crippen molar-refractivity contribution in [2.75, 3.05) is 5.32 Å². The highest BCUT2D eigenvalue weighted by molar-refractivity contribution is 7.89. The Morgan fingerprint density at radius 1 is 1.03 bits per heavy atom. The lowest BCUT2D eigenvalue weighted by Crippen LogP contribution is -2.37. The van der Waals surface area contributed by atoms with E-state index in [4.69, 9.17) is 5.14 Å². The minimum absolute atomic E-state index is 0.0137. The molecular weight excluding hydrogens is 464 g/mol. The molecule has 8 nitrogen and oxygen atoms in total. The summed E-state index contributed by atoms with van der Waals surface area (Å²) < 4.78 is 25.4. The van der Waals surface area contributed by atoms with Gasteiger partial charge in [-0.15, -0.1) is 0 Å². The van der Waals surface area contributed by atoms with Gasteiger partial charge in [0, 0.05) is 16.8 Å². The Labute approximate surface area is 205 Å². The number of nitrogens with two attached hydrogens (primary N) is 1. The van der Waals surface area contributed by atoms with Crippen LogP contribution in [-0.2, 0) is 27.7 Å². The van der Waals surface area contributed by atoms with Crippen LogP contribution in [0.1, 0.15) is 53.6 Å². The second-order valence-electron chi connectivity index (χ2n) is 9.27. The number of amides is 1. The molecule has 1 heterocycles. The van der Waals surface area contributed by atoms with Crippen LogP contribution in [0.25, 0.3) is 11.3 Å². The molecule has 1 aliphatic carbocycles. The smallest absolute Gasteiger partial charge is 0.271 e. The molecule has 0 fully saturated rings. The summed E-state index contributed by atoms with van der Waals surface area (Å²) in [6.07, 6.45) is 3.02. The van der Waals surface area contributed by atoms with Crippen LogP contribution in [0, 0.1) is 20.8 Å². The fraction of sp³-hybridized carbons (Fsp3) is 0.346. The van der Waals surface area contributed by atoms with Crippen LogP contribution in [0.2, 0.25) is 0 Å². The molecule has 184 valence electrons. The van der Waals surface area contributed by atoms with E-state index in [2.05, 4.69) is 10.4 Å². The van der Waals surface area contributed by atoms with Crippen molar-refractivity contribution in [3.05, 3.63) is 74.6 Å². The number of hydrogen-bond donors (Lipinski definition) is 2. The zero-order valence-electron chi connectivity index (χ0n) is 20.4. The molecule has 4 rings (SSSR count). The maximum atomic E-state index is 13.4. The summed E-state index contributed by atoms with van der Waals surface area (Å²) in [5, 5.41) is 12.9. The molecule has 9 heteroatoms. The van der Waals surface area contributed by atoms with Gasteiger partial charge in [0.15, 0.2) is 0 Å². The Balaban J connectivity index is 1.82. The summed E-state index contributed by atoms with van der Waals surface area (Å²) in [4.78, 5) is 26.5. The number of carbonyl (C=O) groups is 1. The van der Waals surface area contributed by atoms with Crippen molar-refractivity contribution in [1.29, 1.82) is 0 Å². The minimum atomic E-state index is -3.94. The largest absolute Gasteiger partial charge is 0.324 e. The van der Waals surface area contributed by atoms with Crippen molar-refractivity contribution < 1.29 is 13.2 Å². The number of carbonyl (C=O) groups excluding carboxylic acids is 1. The van der Waals surface area contributed by atoms with Gasteiger partial charge in [0.2, 0.25) is 15.9 Å². The summed E-state index contributed by atoms with van der Waals surface area (Å²) in [6, 6.07) is 9.80. The number of rotatable bonds is 5.